The Morgan fingerprint density at radius 2 is 1.60 bits per heavy atom. The number of carbonyl (C=O) groups excluding carboxylic acids is 2. The molecule has 0 fully saturated rings. The Balaban J connectivity index is 1.50. The van der Waals surface area contributed by atoms with Gasteiger partial charge in [-0.3, -0.25) is 9.59 Å². The second-order valence-corrected chi connectivity index (χ2v) is 6.58. The van der Waals surface area contributed by atoms with Crippen molar-refractivity contribution in [3.8, 4) is 11.5 Å². The third-order valence-corrected chi connectivity index (χ3v) is 4.31. The van der Waals surface area contributed by atoms with E-state index >= 15 is 0 Å². The van der Waals surface area contributed by atoms with Crippen LogP contribution in [0.3, 0.4) is 0 Å². The van der Waals surface area contributed by atoms with Crippen molar-refractivity contribution in [2.75, 3.05) is 6.54 Å². The molecule has 5 nitrogen and oxygen atoms in total. The highest BCUT2D eigenvalue weighted by Gasteiger charge is 2.15. The summed E-state index contributed by atoms with van der Waals surface area (Å²) in [4.78, 5) is 24.3. The quantitative estimate of drug-likeness (QED) is 0.608. The fourth-order valence-corrected chi connectivity index (χ4v) is 2.78. The fourth-order valence-electron chi connectivity index (χ4n) is 2.78. The molecule has 30 heavy (non-hydrogen) atoms. The van der Waals surface area contributed by atoms with Crippen LogP contribution in [0.15, 0.2) is 72.8 Å². The van der Waals surface area contributed by atoms with Gasteiger partial charge in [0.1, 0.15) is 23.1 Å². The molecule has 0 heterocycles. The lowest BCUT2D eigenvalue weighted by Gasteiger charge is -2.15. The normalized spacial score (nSPS) is 11.4. The molecule has 0 bridgehead atoms. The Bertz CT molecular complexity index is 1020. The first-order valence-corrected chi connectivity index (χ1v) is 9.28. The molecule has 0 aliphatic rings. The predicted octanol–water partition coefficient (Wildman–Crippen LogP) is 4.36. The molecule has 0 saturated heterocycles. The molecule has 154 valence electrons. The molecule has 0 radical (unpaired) electrons. The van der Waals surface area contributed by atoms with Gasteiger partial charge < -0.3 is 15.4 Å². The average Bonchev–Trinajstić information content (AvgIpc) is 2.73. The summed E-state index contributed by atoms with van der Waals surface area (Å²) in [6, 6.07) is 18.2. The third kappa shape index (κ3) is 5.64. The Hall–Kier alpha value is -3.74. The first kappa shape index (κ1) is 21.0. The SMILES string of the molecule is C[C@@H](NC(=O)CNC(=O)c1ccc(Oc2ccccc2)cc1)c1ccc(F)cc1F. The number of ether oxygens (including phenoxy) is 1. The zero-order valence-corrected chi connectivity index (χ0v) is 16.2. The number of para-hydroxylation sites is 1. The molecule has 0 unspecified atom stereocenters. The molecule has 1 atom stereocenters. The van der Waals surface area contributed by atoms with Crippen LogP contribution < -0.4 is 15.4 Å². The van der Waals surface area contributed by atoms with Gasteiger partial charge in [-0.2, -0.15) is 0 Å². The minimum absolute atomic E-state index is 0.157. The lowest BCUT2D eigenvalue weighted by atomic mass is 10.1. The Kier molecular flexibility index (Phi) is 6.75. The van der Waals surface area contributed by atoms with Gasteiger partial charge in [0, 0.05) is 17.2 Å². The average molecular weight is 410 g/mol. The summed E-state index contributed by atoms with van der Waals surface area (Å²) >= 11 is 0. The lowest BCUT2D eigenvalue weighted by Crippen LogP contribution is -2.38. The van der Waals surface area contributed by atoms with Crippen molar-refractivity contribution >= 4 is 11.8 Å². The van der Waals surface area contributed by atoms with Gasteiger partial charge in [-0.05, 0) is 49.4 Å². The van der Waals surface area contributed by atoms with E-state index in [0.717, 1.165) is 12.1 Å². The standard InChI is InChI=1S/C23H20F2N2O3/c1-15(20-12-9-17(24)13-21(20)25)27-22(28)14-26-23(29)16-7-10-19(11-8-16)30-18-5-3-2-4-6-18/h2-13,15H,14H2,1H3,(H,26,29)(H,27,28)/t15-/m1/s1. The lowest BCUT2D eigenvalue weighted by molar-refractivity contribution is -0.120. The highest BCUT2D eigenvalue weighted by atomic mass is 19.1. The second kappa shape index (κ2) is 9.65. The summed E-state index contributed by atoms with van der Waals surface area (Å²) < 4.78 is 32.4. The van der Waals surface area contributed by atoms with Crippen LogP contribution in [-0.2, 0) is 4.79 Å². The summed E-state index contributed by atoms with van der Waals surface area (Å²) in [5, 5.41) is 5.07. The molecule has 0 aromatic heterocycles. The first-order valence-electron chi connectivity index (χ1n) is 9.28. The van der Waals surface area contributed by atoms with E-state index in [0.29, 0.717) is 17.1 Å². The van der Waals surface area contributed by atoms with Crippen molar-refractivity contribution in [1.82, 2.24) is 10.6 Å². The maximum atomic E-state index is 13.8. The van der Waals surface area contributed by atoms with E-state index in [9.17, 15) is 18.4 Å². The van der Waals surface area contributed by atoms with Crippen molar-refractivity contribution in [2.45, 2.75) is 13.0 Å². The van der Waals surface area contributed by atoms with E-state index in [1.54, 1.807) is 31.2 Å². The smallest absolute Gasteiger partial charge is 0.251 e. The molecule has 0 spiro atoms. The molecular weight excluding hydrogens is 390 g/mol. The molecular formula is C23H20F2N2O3. The largest absolute Gasteiger partial charge is 0.457 e. The number of hydrogen-bond donors (Lipinski definition) is 2. The number of amides is 2. The number of carbonyl (C=O) groups is 2. The van der Waals surface area contributed by atoms with Gasteiger partial charge in [-0.1, -0.05) is 24.3 Å². The van der Waals surface area contributed by atoms with E-state index < -0.39 is 29.5 Å². The van der Waals surface area contributed by atoms with Gasteiger partial charge in [-0.25, -0.2) is 8.78 Å². The van der Waals surface area contributed by atoms with E-state index in [4.69, 9.17) is 4.74 Å². The minimum Gasteiger partial charge on any atom is -0.457 e. The van der Waals surface area contributed by atoms with Crippen LogP contribution in [0.25, 0.3) is 0 Å². The van der Waals surface area contributed by atoms with Crippen LogP contribution in [-0.4, -0.2) is 18.4 Å². The molecule has 2 amide bonds. The Morgan fingerprint density at radius 3 is 2.27 bits per heavy atom. The fraction of sp³-hybridized carbons (Fsp3) is 0.130. The second-order valence-electron chi connectivity index (χ2n) is 6.58. The van der Waals surface area contributed by atoms with Gasteiger partial charge in [0.2, 0.25) is 5.91 Å². The van der Waals surface area contributed by atoms with E-state index in [2.05, 4.69) is 10.6 Å². The highest BCUT2D eigenvalue weighted by Crippen LogP contribution is 2.21. The number of rotatable bonds is 7. The molecule has 3 aromatic carbocycles. The van der Waals surface area contributed by atoms with Crippen LogP contribution in [0.2, 0.25) is 0 Å². The topological polar surface area (TPSA) is 67.4 Å². The summed E-state index contributed by atoms with van der Waals surface area (Å²) in [5.74, 6) is -1.11. The maximum Gasteiger partial charge on any atom is 0.251 e. The van der Waals surface area contributed by atoms with Crippen molar-refractivity contribution in [2.24, 2.45) is 0 Å². The van der Waals surface area contributed by atoms with Crippen molar-refractivity contribution < 1.29 is 23.1 Å². The van der Waals surface area contributed by atoms with E-state index in [1.165, 1.54) is 6.07 Å². The van der Waals surface area contributed by atoms with Crippen LogP contribution in [0, 0.1) is 11.6 Å². The molecule has 3 rings (SSSR count). The third-order valence-electron chi connectivity index (χ3n) is 4.31. The summed E-state index contributed by atoms with van der Waals surface area (Å²) in [7, 11) is 0. The molecule has 2 N–H and O–H groups in total. The molecule has 0 aliphatic heterocycles. The molecule has 0 aliphatic carbocycles. The van der Waals surface area contributed by atoms with E-state index in [-0.39, 0.29) is 12.1 Å². The number of halogens is 2. The van der Waals surface area contributed by atoms with Crippen LogP contribution in [0.4, 0.5) is 8.78 Å². The van der Waals surface area contributed by atoms with Gasteiger partial charge >= 0.3 is 0 Å². The summed E-state index contributed by atoms with van der Waals surface area (Å²) in [6.45, 7) is 1.29. The number of benzene rings is 3. The predicted molar refractivity (Wildman–Crippen MR) is 108 cm³/mol. The monoisotopic (exact) mass is 410 g/mol. The van der Waals surface area contributed by atoms with Crippen molar-refractivity contribution in [3.05, 3.63) is 95.6 Å². The van der Waals surface area contributed by atoms with E-state index in [1.807, 2.05) is 30.3 Å². The first-order chi connectivity index (χ1) is 14.4. The summed E-state index contributed by atoms with van der Waals surface area (Å²) in [5.41, 5.74) is 0.519. The zero-order valence-electron chi connectivity index (χ0n) is 16.2. The van der Waals surface area contributed by atoms with Gasteiger partial charge in [-0.15, -0.1) is 0 Å². The van der Waals surface area contributed by atoms with Crippen LogP contribution in [0.5, 0.6) is 11.5 Å². The van der Waals surface area contributed by atoms with Crippen molar-refractivity contribution in [3.63, 3.8) is 0 Å². The van der Waals surface area contributed by atoms with Crippen LogP contribution >= 0.6 is 0 Å². The van der Waals surface area contributed by atoms with Gasteiger partial charge in [0.15, 0.2) is 0 Å². The maximum absolute atomic E-state index is 13.8. The summed E-state index contributed by atoms with van der Waals surface area (Å²) in [6.07, 6.45) is 0. The Morgan fingerprint density at radius 1 is 0.933 bits per heavy atom. The number of nitrogens with one attached hydrogen (secondary N) is 2. The van der Waals surface area contributed by atoms with Crippen molar-refractivity contribution in [1.29, 1.82) is 0 Å². The highest BCUT2D eigenvalue weighted by molar-refractivity contribution is 5.96. The molecule has 7 heteroatoms. The molecule has 3 aromatic rings. The zero-order chi connectivity index (χ0) is 21.5. The number of hydrogen-bond acceptors (Lipinski definition) is 3. The van der Waals surface area contributed by atoms with Gasteiger partial charge in [0.25, 0.3) is 5.91 Å². The van der Waals surface area contributed by atoms with Gasteiger partial charge in [0.05, 0.1) is 12.6 Å². The Labute approximate surface area is 172 Å². The molecule has 0 saturated carbocycles. The minimum atomic E-state index is -0.746. The van der Waals surface area contributed by atoms with Crippen LogP contribution in [0.1, 0.15) is 28.9 Å².